The molecule has 0 saturated carbocycles. The Morgan fingerprint density at radius 1 is 1.53 bits per heavy atom. The van der Waals surface area contributed by atoms with Crippen LogP contribution in [0.1, 0.15) is 6.92 Å². The summed E-state index contributed by atoms with van der Waals surface area (Å²) in [7, 11) is 2.11. The fourth-order valence-corrected chi connectivity index (χ4v) is 1.49. The number of urea groups is 1. The Balaban J connectivity index is 1.95. The molecule has 0 unspecified atom stereocenters. The minimum absolute atomic E-state index is 0.0717. The number of nitrogens with one attached hydrogen (secondary N) is 2. The number of amides is 2. The Bertz CT molecular complexity index is 198. The number of hydrogen-bond donors (Lipinski definition) is 2. The van der Waals surface area contributed by atoms with Crippen LogP contribution in [0.15, 0.2) is 0 Å². The Labute approximate surface area is 91.8 Å². The van der Waals surface area contributed by atoms with Gasteiger partial charge in [-0.1, -0.05) is 6.92 Å². The summed E-state index contributed by atoms with van der Waals surface area (Å²) in [6.45, 7) is 8.59. The van der Waals surface area contributed by atoms with Gasteiger partial charge in [0.25, 0.3) is 0 Å². The minimum atomic E-state index is 0.0717. The molecule has 0 atom stereocenters. The van der Waals surface area contributed by atoms with E-state index in [2.05, 4.69) is 29.5 Å². The maximum atomic E-state index is 11.2. The van der Waals surface area contributed by atoms with E-state index in [0.717, 1.165) is 45.8 Å². The van der Waals surface area contributed by atoms with Gasteiger partial charge in [0.1, 0.15) is 0 Å². The zero-order chi connectivity index (χ0) is 11.1. The van der Waals surface area contributed by atoms with Crippen LogP contribution < -0.4 is 10.6 Å². The number of hydrogen-bond acceptors (Lipinski definition) is 3. The summed E-state index contributed by atoms with van der Waals surface area (Å²) >= 11 is 0. The lowest BCUT2D eigenvalue weighted by Gasteiger charge is -2.16. The van der Waals surface area contributed by atoms with Crippen LogP contribution in [0.4, 0.5) is 4.79 Å². The van der Waals surface area contributed by atoms with Crippen molar-refractivity contribution < 1.29 is 4.79 Å². The molecule has 1 aliphatic heterocycles. The van der Waals surface area contributed by atoms with Gasteiger partial charge in [-0.3, -0.25) is 0 Å². The van der Waals surface area contributed by atoms with Crippen molar-refractivity contribution in [2.45, 2.75) is 6.92 Å². The monoisotopic (exact) mass is 214 g/mol. The lowest BCUT2D eigenvalue weighted by molar-refractivity contribution is 0.217. The normalized spacial score (nSPS) is 16.2. The summed E-state index contributed by atoms with van der Waals surface area (Å²) in [5.74, 6) is 0. The van der Waals surface area contributed by atoms with E-state index in [4.69, 9.17) is 0 Å². The van der Waals surface area contributed by atoms with Crippen molar-refractivity contribution in [3.05, 3.63) is 0 Å². The summed E-state index contributed by atoms with van der Waals surface area (Å²) in [6.07, 6.45) is 0. The highest BCUT2D eigenvalue weighted by molar-refractivity contribution is 5.76. The van der Waals surface area contributed by atoms with Crippen LogP contribution in [-0.2, 0) is 0 Å². The predicted molar refractivity (Wildman–Crippen MR) is 61.0 cm³/mol. The molecule has 5 nitrogen and oxygen atoms in total. The van der Waals surface area contributed by atoms with Crippen molar-refractivity contribution in [2.75, 3.05) is 52.9 Å². The van der Waals surface area contributed by atoms with Crippen LogP contribution in [-0.4, -0.2) is 68.7 Å². The topological polar surface area (TPSA) is 47.6 Å². The highest BCUT2D eigenvalue weighted by Gasteiger charge is 2.17. The minimum Gasteiger partial charge on any atom is -0.336 e. The first kappa shape index (κ1) is 12.3. The summed E-state index contributed by atoms with van der Waals surface area (Å²) in [4.78, 5) is 15.3. The summed E-state index contributed by atoms with van der Waals surface area (Å²) < 4.78 is 0. The van der Waals surface area contributed by atoms with Crippen molar-refractivity contribution in [1.82, 2.24) is 20.4 Å². The second kappa shape index (κ2) is 6.63. The third-order valence-electron chi connectivity index (χ3n) is 2.71. The van der Waals surface area contributed by atoms with Gasteiger partial charge in [-0.15, -0.1) is 0 Å². The van der Waals surface area contributed by atoms with Gasteiger partial charge >= 0.3 is 6.03 Å². The van der Waals surface area contributed by atoms with Gasteiger partial charge in [0.15, 0.2) is 0 Å². The molecular weight excluding hydrogens is 192 g/mol. The van der Waals surface area contributed by atoms with Crippen molar-refractivity contribution in [3.63, 3.8) is 0 Å². The molecule has 0 aromatic heterocycles. The Morgan fingerprint density at radius 2 is 2.33 bits per heavy atom. The van der Waals surface area contributed by atoms with E-state index < -0.39 is 0 Å². The fourth-order valence-electron chi connectivity index (χ4n) is 1.49. The van der Waals surface area contributed by atoms with Crippen LogP contribution in [0, 0.1) is 0 Å². The maximum Gasteiger partial charge on any atom is 0.317 e. The fraction of sp³-hybridized carbons (Fsp3) is 0.900. The van der Waals surface area contributed by atoms with Crippen LogP contribution in [0.5, 0.6) is 0 Å². The zero-order valence-electron chi connectivity index (χ0n) is 9.75. The number of carbonyl (C=O) groups excluding carboxylic acids is 1. The molecule has 1 rings (SSSR count). The van der Waals surface area contributed by atoms with Gasteiger partial charge in [-0.05, 0) is 13.6 Å². The van der Waals surface area contributed by atoms with E-state index in [1.54, 1.807) is 0 Å². The Kier molecular flexibility index (Phi) is 5.42. The van der Waals surface area contributed by atoms with Gasteiger partial charge in [0.2, 0.25) is 0 Å². The molecule has 88 valence electrons. The molecule has 2 amide bonds. The molecule has 0 bridgehead atoms. The molecule has 0 aromatic rings. The van der Waals surface area contributed by atoms with Gasteiger partial charge in [-0.25, -0.2) is 4.79 Å². The number of rotatable bonds is 7. The molecule has 1 aliphatic rings. The van der Waals surface area contributed by atoms with Gasteiger partial charge in [-0.2, -0.15) is 0 Å². The number of likely N-dealkylation sites (N-methyl/N-ethyl adjacent to an activating group) is 1. The second-order valence-corrected chi connectivity index (χ2v) is 3.86. The molecule has 1 heterocycles. The van der Waals surface area contributed by atoms with E-state index in [1.807, 2.05) is 4.90 Å². The molecule has 2 N–H and O–H groups in total. The predicted octanol–water partition coefficient (Wildman–Crippen LogP) is -0.447. The van der Waals surface area contributed by atoms with Crippen molar-refractivity contribution >= 4 is 6.03 Å². The van der Waals surface area contributed by atoms with Crippen LogP contribution in [0.25, 0.3) is 0 Å². The molecule has 0 aliphatic carbocycles. The lowest BCUT2D eigenvalue weighted by Crippen LogP contribution is -2.37. The molecule has 0 aromatic carbocycles. The molecule has 1 saturated heterocycles. The van der Waals surface area contributed by atoms with E-state index in [0.29, 0.717) is 0 Å². The first-order valence-corrected chi connectivity index (χ1v) is 5.66. The molecule has 15 heavy (non-hydrogen) atoms. The summed E-state index contributed by atoms with van der Waals surface area (Å²) in [5.41, 5.74) is 0. The van der Waals surface area contributed by atoms with Crippen LogP contribution in [0.3, 0.4) is 0 Å². The summed E-state index contributed by atoms with van der Waals surface area (Å²) in [5, 5.41) is 6.12. The van der Waals surface area contributed by atoms with Crippen molar-refractivity contribution in [1.29, 1.82) is 0 Å². The summed E-state index contributed by atoms with van der Waals surface area (Å²) in [6, 6.07) is 0.0717. The first-order valence-electron chi connectivity index (χ1n) is 5.66. The molecular formula is C10H22N4O. The quantitative estimate of drug-likeness (QED) is 0.565. The zero-order valence-corrected chi connectivity index (χ0v) is 9.75. The number of nitrogens with zero attached hydrogens (tertiary/aromatic N) is 2. The Hall–Kier alpha value is -0.810. The van der Waals surface area contributed by atoms with Crippen molar-refractivity contribution in [3.8, 4) is 0 Å². The largest absolute Gasteiger partial charge is 0.336 e. The van der Waals surface area contributed by atoms with E-state index in [-0.39, 0.29) is 6.03 Å². The third-order valence-corrected chi connectivity index (χ3v) is 2.71. The van der Waals surface area contributed by atoms with Crippen LogP contribution >= 0.6 is 0 Å². The first-order chi connectivity index (χ1) is 7.24. The maximum absolute atomic E-state index is 11.2. The van der Waals surface area contributed by atoms with Gasteiger partial charge in [0, 0.05) is 39.3 Å². The molecule has 0 spiro atoms. The third kappa shape index (κ3) is 4.48. The van der Waals surface area contributed by atoms with Crippen molar-refractivity contribution in [2.24, 2.45) is 0 Å². The van der Waals surface area contributed by atoms with E-state index >= 15 is 0 Å². The van der Waals surface area contributed by atoms with E-state index in [1.165, 1.54) is 0 Å². The molecule has 5 heteroatoms. The Morgan fingerprint density at radius 3 is 2.93 bits per heavy atom. The van der Waals surface area contributed by atoms with Gasteiger partial charge in [0.05, 0.1) is 0 Å². The molecule has 0 radical (unpaired) electrons. The standard InChI is InChI=1S/C10H22N4O/c1-3-13(2)7-4-11-5-8-14-9-6-12-10(14)15/h11H,3-9H2,1-2H3,(H,12,15). The van der Waals surface area contributed by atoms with Gasteiger partial charge < -0.3 is 20.4 Å². The smallest absolute Gasteiger partial charge is 0.317 e. The lowest BCUT2D eigenvalue weighted by atomic mass is 10.5. The average molecular weight is 214 g/mol. The highest BCUT2D eigenvalue weighted by Crippen LogP contribution is 1.94. The number of carbonyl (C=O) groups is 1. The highest BCUT2D eigenvalue weighted by atomic mass is 16.2. The molecule has 1 fully saturated rings. The van der Waals surface area contributed by atoms with E-state index in [9.17, 15) is 4.79 Å². The second-order valence-electron chi connectivity index (χ2n) is 3.86. The average Bonchev–Trinajstić information content (AvgIpc) is 2.63. The van der Waals surface area contributed by atoms with Crippen LogP contribution in [0.2, 0.25) is 0 Å². The SMILES string of the molecule is CCN(C)CCNCCN1CCNC1=O.